The molecule has 1 aromatic carbocycles. The monoisotopic (exact) mass is 279 g/mol. The van der Waals surface area contributed by atoms with E-state index in [1.807, 2.05) is 24.8 Å². The van der Waals surface area contributed by atoms with E-state index in [0.717, 1.165) is 13.0 Å². The lowest BCUT2D eigenvalue weighted by atomic mass is 10.0. The molecule has 0 aromatic heterocycles. The van der Waals surface area contributed by atoms with E-state index in [0.29, 0.717) is 24.5 Å². The normalized spacial score (nSPS) is 22.9. The molecule has 0 bridgehead atoms. The highest BCUT2D eigenvalue weighted by Crippen LogP contribution is 2.33. The summed E-state index contributed by atoms with van der Waals surface area (Å²) in [5.74, 6) is -0.109. The minimum atomic E-state index is -0.796. The molecule has 2 unspecified atom stereocenters. The lowest BCUT2D eigenvalue weighted by molar-refractivity contribution is -0.143. The molecule has 1 aliphatic heterocycles. The van der Waals surface area contributed by atoms with Gasteiger partial charge in [0, 0.05) is 12.1 Å². The van der Waals surface area contributed by atoms with Gasteiger partial charge in [-0.1, -0.05) is 19.1 Å². The van der Waals surface area contributed by atoms with Crippen LogP contribution in [0.5, 0.6) is 11.5 Å². The van der Waals surface area contributed by atoms with Crippen LogP contribution in [0.25, 0.3) is 0 Å². The van der Waals surface area contributed by atoms with Crippen LogP contribution in [-0.2, 0) is 11.3 Å². The van der Waals surface area contributed by atoms with Crippen LogP contribution in [0.1, 0.15) is 25.8 Å². The predicted octanol–water partition coefficient (Wildman–Crippen LogP) is 2.09. The maximum absolute atomic E-state index is 11.3. The van der Waals surface area contributed by atoms with E-state index in [1.54, 1.807) is 12.1 Å². The quantitative estimate of drug-likeness (QED) is 0.863. The summed E-state index contributed by atoms with van der Waals surface area (Å²) >= 11 is 0. The minimum Gasteiger partial charge on any atom is -0.504 e. The lowest BCUT2D eigenvalue weighted by Gasteiger charge is -2.23. The zero-order chi connectivity index (χ0) is 14.7. The van der Waals surface area contributed by atoms with Crippen molar-refractivity contribution in [2.75, 3.05) is 13.2 Å². The molecule has 1 fully saturated rings. The number of aliphatic carboxylic acids is 1. The molecule has 2 atom stereocenters. The number of likely N-dealkylation sites (tertiary alicyclic amines) is 1. The first-order valence-electron chi connectivity index (χ1n) is 6.95. The summed E-state index contributed by atoms with van der Waals surface area (Å²) in [7, 11) is 0. The van der Waals surface area contributed by atoms with Crippen molar-refractivity contribution < 1.29 is 19.7 Å². The number of para-hydroxylation sites is 1. The molecule has 1 saturated heterocycles. The van der Waals surface area contributed by atoms with Gasteiger partial charge < -0.3 is 14.9 Å². The summed E-state index contributed by atoms with van der Waals surface area (Å²) in [5, 5.41) is 19.5. The molecule has 20 heavy (non-hydrogen) atoms. The molecule has 2 rings (SSSR count). The van der Waals surface area contributed by atoms with E-state index in [-0.39, 0.29) is 11.7 Å². The van der Waals surface area contributed by atoms with Gasteiger partial charge in [-0.25, -0.2) is 0 Å². The summed E-state index contributed by atoms with van der Waals surface area (Å²) in [6.45, 7) is 5.45. The van der Waals surface area contributed by atoms with E-state index in [1.165, 1.54) is 0 Å². The first-order chi connectivity index (χ1) is 9.54. The molecule has 0 spiro atoms. The standard InChI is InChI=1S/C15H21NO4/c1-3-20-12-6-4-5-11(14(12)17)9-16-8-7-10(2)13(16)15(18)19/h4-6,10,13,17H,3,7-9H2,1-2H3,(H,18,19). The Balaban J connectivity index is 2.17. The van der Waals surface area contributed by atoms with Gasteiger partial charge >= 0.3 is 5.97 Å². The topological polar surface area (TPSA) is 70.0 Å². The van der Waals surface area contributed by atoms with Crippen molar-refractivity contribution in [2.45, 2.75) is 32.9 Å². The Bertz CT molecular complexity index is 489. The van der Waals surface area contributed by atoms with Crippen molar-refractivity contribution >= 4 is 5.97 Å². The van der Waals surface area contributed by atoms with Crippen molar-refractivity contribution in [1.82, 2.24) is 4.90 Å². The van der Waals surface area contributed by atoms with Crippen LogP contribution in [0.4, 0.5) is 0 Å². The Labute approximate surface area is 118 Å². The smallest absolute Gasteiger partial charge is 0.321 e. The van der Waals surface area contributed by atoms with E-state index in [9.17, 15) is 15.0 Å². The van der Waals surface area contributed by atoms with Crippen molar-refractivity contribution in [3.05, 3.63) is 23.8 Å². The number of carboxylic acid groups (broad SMARTS) is 1. The van der Waals surface area contributed by atoms with Gasteiger partial charge in [-0.2, -0.15) is 0 Å². The first-order valence-corrected chi connectivity index (χ1v) is 6.95. The van der Waals surface area contributed by atoms with Crippen LogP contribution in [-0.4, -0.2) is 40.3 Å². The molecule has 1 aliphatic rings. The Morgan fingerprint density at radius 3 is 2.90 bits per heavy atom. The van der Waals surface area contributed by atoms with E-state index < -0.39 is 12.0 Å². The van der Waals surface area contributed by atoms with Crippen molar-refractivity contribution in [3.8, 4) is 11.5 Å². The average molecular weight is 279 g/mol. The van der Waals surface area contributed by atoms with Crippen LogP contribution in [0, 0.1) is 5.92 Å². The third-order valence-electron chi connectivity index (χ3n) is 3.81. The molecule has 0 saturated carbocycles. The number of aromatic hydroxyl groups is 1. The highest BCUT2D eigenvalue weighted by atomic mass is 16.5. The predicted molar refractivity (Wildman–Crippen MR) is 74.9 cm³/mol. The SMILES string of the molecule is CCOc1cccc(CN2CCC(C)C2C(=O)O)c1O. The summed E-state index contributed by atoms with van der Waals surface area (Å²) < 4.78 is 5.35. The van der Waals surface area contributed by atoms with Gasteiger partial charge in [0.25, 0.3) is 0 Å². The second-order valence-corrected chi connectivity index (χ2v) is 5.22. The number of nitrogens with zero attached hydrogens (tertiary/aromatic N) is 1. The summed E-state index contributed by atoms with van der Waals surface area (Å²) in [5.41, 5.74) is 0.705. The summed E-state index contributed by atoms with van der Waals surface area (Å²) in [4.78, 5) is 13.2. The third-order valence-corrected chi connectivity index (χ3v) is 3.81. The highest BCUT2D eigenvalue weighted by Gasteiger charge is 2.36. The van der Waals surface area contributed by atoms with Crippen LogP contribution >= 0.6 is 0 Å². The average Bonchev–Trinajstić information content (AvgIpc) is 2.76. The van der Waals surface area contributed by atoms with Crippen molar-refractivity contribution in [3.63, 3.8) is 0 Å². The Kier molecular flexibility index (Phi) is 4.49. The zero-order valence-corrected chi connectivity index (χ0v) is 11.9. The van der Waals surface area contributed by atoms with Gasteiger partial charge in [-0.3, -0.25) is 9.69 Å². The summed E-state index contributed by atoms with van der Waals surface area (Å²) in [6, 6.07) is 4.85. The number of rotatable bonds is 5. The van der Waals surface area contributed by atoms with E-state index in [2.05, 4.69) is 0 Å². The van der Waals surface area contributed by atoms with Gasteiger partial charge in [0.15, 0.2) is 11.5 Å². The lowest BCUT2D eigenvalue weighted by Crippen LogP contribution is -2.38. The Morgan fingerprint density at radius 1 is 1.50 bits per heavy atom. The van der Waals surface area contributed by atoms with Gasteiger partial charge in [0.1, 0.15) is 6.04 Å². The summed E-state index contributed by atoms with van der Waals surface area (Å²) in [6.07, 6.45) is 0.864. The van der Waals surface area contributed by atoms with Crippen LogP contribution in [0.15, 0.2) is 18.2 Å². The third kappa shape index (κ3) is 2.88. The zero-order valence-electron chi connectivity index (χ0n) is 11.9. The molecule has 0 aliphatic carbocycles. The molecule has 0 radical (unpaired) electrons. The molecule has 1 heterocycles. The molecule has 5 heteroatoms. The Morgan fingerprint density at radius 2 is 2.25 bits per heavy atom. The Hall–Kier alpha value is -1.75. The fourth-order valence-corrected chi connectivity index (χ4v) is 2.79. The number of carboxylic acids is 1. The fourth-order valence-electron chi connectivity index (χ4n) is 2.79. The van der Waals surface area contributed by atoms with Crippen LogP contribution in [0.2, 0.25) is 0 Å². The fraction of sp³-hybridized carbons (Fsp3) is 0.533. The van der Waals surface area contributed by atoms with E-state index >= 15 is 0 Å². The largest absolute Gasteiger partial charge is 0.504 e. The second kappa shape index (κ2) is 6.13. The first kappa shape index (κ1) is 14.7. The number of benzene rings is 1. The molecule has 110 valence electrons. The highest BCUT2D eigenvalue weighted by molar-refractivity contribution is 5.74. The van der Waals surface area contributed by atoms with Crippen molar-refractivity contribution in [1.29, 1.82) is 0 Å². The molecular formula is C15H21NO4. The number of hydrogen-bond acceptors (Lipinski definition) is 4. The molecule has 2 N–H and O–H groups in total. The molecular weight excluding hydrogens is 258 g/mol. The minimum absolute atomic E-state index is 0.109. The molecule has 1 aromatic rings. The number of phenolic OH excluding ortho intramolecular Hbond substituents is 1. The van der Waals surface area contributed by atoms with Gasteiger partial charge in [0.2, 0.25) is 0 Å². The van der Waals surface area contributed by atoms with Gasteiger partial charge in [0.05, 0.1) is 6.61 Å². The number of ether oxygens (including phenoxy) is 1. The van der Waals surface area contributed by atoms with E-state index in [4.69, 9.17) is 4.74 Å². The number of carbonyl (C=O) groups is 1. The van der Waals surface area contributed by atoms with Gasteiger partial charge in [-0.15, -0.1) is 0 Å². The number of hydrogen-bond donors (Lipinski definition) is 2. The molecule has 5 nitrogen and oxygen atoms in total. The maximum atomic E-state index is 11.3. The van der Waals surface area contributed by atoms with Crippen LogP contribution in [0.3, 0.4) is 0 Å². The van der Waals surface area contributed by atoms with Crippen LogP contribution < -0.4 is 4.74 Å². The van der Waals surface area contributed by atoms with Crippen molar-refractivity contribution in [2.24, 2.45) is 5.92 Å². The number of phenols is 1. The van der Waals surface area contributed by atoms with Gasteiger partial charge in [-0.05, 0) is 31.9 Å². The molecule has 0 amide bonds. The maximum Gasteiger partial charge on any atom is 0.321 e. The second-order valence-electron chi connectivity index (χ2n) is 5.22.